The molecule has 0 aromatic rings. The Kier molecular flexibility index (Phi) is 5.68. The molecular weight excluding hydrogens is 172 g/mol. The van der Waals surface area contributed by atoms with E-state index in [4.69, 9.17) is 5.73 Å². The van der Waals surface area contributed by atoms with Crippen LogP contribution in [-0.2, 0) is 0 Å². The maximum absolute atomic E-state index is 5.73. The van der Waals surface area contributed by atoms with Gasteiger partial charge in [-0.2, -0.15) is 0 Å². The normalized spacial score (nSPS) is 15.2. The largest absolute Gasteiger partial charge is 0.330 e. The van der Waals surface area contributed by atoms with Gasteiger partial charge >= 0.3 is 0 Å². The summed E-state index contributed by atoms with van der Waals surface area (Å²) >= 11 is 0. The van der Waals surface area contributed by atoms with E-state index >= 15 is 0 Å². The molecule has 14 heavy (non-hydrogen) atoms. The lowest BCUT2D eigenvalue weighted by Crippen LogP contribution is -2.41. The molecule has 0 aromatic carbocycles. The Morgan fingerprint density at radius 2 is 1.71 bits per heavy atom. The Bertz CT molecular complexity index is 152. The van der Waals surface area contributed by atoms with Crippen molar-refractivity contribution in [1.82, 2.24) is 4.90 Å². The summed E-state index contributed by atoms with van der Waals surface area (Å²) in [6.45, 7) is 13.1. The molecule has 0 spiro atoms. The summed E-state index contributed by atoms with van der Waals surface area (Å²) in [5, 5.41) is 0. The highest BCUT2D eigenvalue weighted by Gasteiger charge is 2.21. The van der Waals surface area contributed by atoms with E-state index in [2.05, 4.69) is 46.6 Å². The van der Waals surface area contributed by atoms with E-state index in [-0.39, 0.29) is 5.41 Å². The average Bonchev–Trinajstić information content (AvgIpc) is 2.02. The minimum absolute atomic E-state index is 0.236. The lowest BCUT2D eigenvalue weighted by atomic mass is 9.92. The molecule has 2 heteroatoms. The van der Waals surface area contributed by atoms with Crippen LogP contribution in [0.1, 0.15) is 41.0 Å². The summed E-state index contributed by atoms with van der Waals surface area (Å²) in [4.78, 5) is 2.42. The van der Waals surface area contributed by atoms with Crippen molar-refractivity contribution in [3.05, 3.63) is 0 Å². The minimum Gasteiger partial charge on any atom is -0.330 e. The van der Waals surface area contributed by atoms with Crippen LogP contribution in [0.3, 0.4) is 0 Å². The highest BCUT2D eigenvalue weighted by molar-refractivity contribution is 4.76. The average molecular weight is 200 g/mol. The molecule has 2 N–H and O–H groups in total. The zero-order chi connectivity index (χ0) is 11.4. The zero-order valence-corrected chi connectivity index (χ0v) is 10.8. The van der Waals surface area contributed by atoms with Crippen molar-refractivity contribution in [3.8, 4) is 0 Å². The first kappa shape index (κ1) is 13.9. The summed E-state index contributed by atoms with van der Waals surface area (Å²) in [6.07, 6.45) is 1.26. The van der Waals surface area contributed by atoms with Gasteiger partial charge in [-0.15, -0.1) is 0 Å². The first-order chi connectivity index (χ1) is 6.28. The van der Waals surface area contributed by atoms with Crippen molar-refractivity contribution in [2.45, 2.75) is 47.1 Å². The summed E-state index contributed by atoms with van der Waals surface area (Å²) in [7, 11) is 2.20. The maximum atomic E-state index is 5.73. The van der Waals surface area contributed by atoms with Crippen molar-refractivity contribution >= 4 is 0 Å². The smallest absolute Gasteiger partial charge is 0.00665 e. The molecule has 0 aliphatic rings. The quantitative estimate of drug-likeness (QED) is 0.713. The van der Waals surface area contributed by atoms with E-state index in [1.807, 2.05) is 0 Å². The molecule has 0 saturated carbocycles. The number of rotatable bonds is 6. The Labute approximate surface area is 89.9 Å². The third-order valence-corrected chi connectivity index (χ3v) is 2.79. The van der Waals surface area contributed by atoms with Crippen LogP contribution < -0.4 is 5.73 Å². The fourth-order valence-electron chi connectivity index (χ4n) is 1.76. The van der Waals surface area contributed by atoms with Gasteiger partial charge in [-0.1, -0.05) is 27.7 Å². The monoisotopic (exact) mass is 200 g/mol. The van der Waals surface area contributed by atoms with Gasteiger partial charge in [-0.05, 0) is 38.3 Å². The molecule has 0 radical (unpaired) electrons. The molecule has 0 aromatic heterocycles. The molecule has 0 fully saturated rings. The van der Waals surface area contributed by atoms with Gasteiger partial charge in [0.1, 0.15) is 0 Å². The first-order valence-electron chi connectivity index (χ1n) is 5.69. The fraction of sp³-hybridized carbons (Fsp3) is 1.00. The highest BCUT2D eigenvalue weighted by Crippen LogP contribution is 2.17. The van der Waals surface area contributed by atoms with Crippen molar-refractivity contribution in [2.75, 3.05) is 20.1 Å². The van der Waals surface area contributed by atoms with Crippen LogP contribution in [-0.4, -0.2) is 31.1 Å². The molecule has 0 rings (SSSR count). The van der Waals surface area contributed by atoms with E-state index in [1.165, 1.54) is 6.42 Å². The molecule has 86 valence electrons. The minimum atomic E-state index is 0.236. The predicted octanol–water partition coefficient (Wildman–Crippen LogP) is 2.34. The molecule has 0 saturated heterocycles. The fourth-order valence-corrected chi connectivity index (χ4v) is 1.76. The van der Waals surface area contributed by atoms with Gasteiger partial charge in [-0.25, -0.2) is 0 Å². The van der Waals surface area contributed by atoms with Crippen molar-refractivity contribution in [2.24, 2.45) is 17.1 Å². The Hall–Kier alpha value is -0.0800. The number of hydrogen-bond acceptors (Lipinski definition) is 2. The van der Waals surface area contributed by atoms with Crippen molar-refractivity contribution in [1.29, 1.82) is 0 Å². The van der Waals surface area contributed by atoms with Gasteiger partial charge in [0.2, 0.25) is 0 Å². The molecule has 0 bridgehead atoms. The summed E-state index contributed by atoms with van der Waals surface area (Å²) in [5.41, 5.74) is 5.97. The van der Waals surface area contributed by atoms with Crippen LogP contribution in [0.15, 0.2) is 0 Å². The van der Waals surface area contributed by atoms with Gasteiger partial charge in [0.15, 0.2) is 0 Å². The van der Waals surface area contributed by atoms with Crippen LogP contribution in [0, 0.1) is 11.3 Å². The molecule has 1 atom stereocenters. The summed E-state index contributed by atoms with van der Waals surface area (Å²) < 4.78 is 0. The van der Waals surface area contributed by atoms with E-state index in [0.29, 0.717) is 6.04 Å². The molecule has 1 unspecified atom stereocenters. The molecule has 0 amide bonds. The lowest BCUT2D eigenvalue weighted by Gasteiger charge is -2.33. The van der Waals surface area contributed by atoms with Crippen molar-refractivity contribution < 1.29 is 0 Å². The zero-order valence-electron chi connectivity index (χ0n) is 10.8. The van der Waals surface area contributed by atoms with Crippen LogP contribution in [0.5, 0.6) is 0 Å². The van der Waals surface area contributed by atoms with Crippen LogP contribution in [0.25, 0.3) is 0 Å². The van der Waals surface area contributed by atoms with Gasteiger partial charge in [0.05, 0.1) is 0 Å². The second-order valence-electron chi connectivity index (χ2n) is 5.76. The van der Waals surface area contributed by atoms with Crippen LogP contribution in [0.4, 0.5) is 0 Å². The Balaban J connectivity index is 4.00. The van der Waals surface area contributed by atoms with Crippen LogP contribution >= 0.6 is 0 Å². The van der Waals surface area contributed by atoms with Crippen molar-refractivity contribution in [3.63, 3.8) is 0 Å². The third-order valence-electron chi connectivity index (χ3n) is 2.79. The van der Waals surface area contributed by atoms with Gasteiger partial charge in [0.25, 0.3) is 0 Å². The number of nitrogens with two attached hydrogens (primary N) is 1. The van der Waals surface area contributed by atoms with E-state index in [0.717, 1.165) is 19.0 Å². The molecule has 2 nitrogen and oxygen atoms in total. The third kappa shape index (κ3) is 5.61. The lowest BCUT2D eigenvalue weighted by molar-refractivity contribution is 0.158. The summed E-state index contributed by atoms with van der Waals surface area (Å²) in [5.74, 6) is 0.772. The number of hydrogen-bond donors (Lipinski definition) is 1. The van der Waals surface area contributed by atoms with E-state index in [9.17, 15) is 0 Å². The van der Waals surface area contributed by atoms with E-state index < -0.39 is 0 Å². The SMILES string of the molecule is CC(C)CC(C)N(C)CC(C)(C)CN. The first-order valence-corrected chi connectivity index (χ1v) is 5.69. The topological polar surface area (TPSA) is 29.3 Å². The Morgan fingerprint density at radius 1 is 1.21 bits per heavy atom. The molecule has 0 aliphatic carbocycles. The van der Waals surface area contributed by atoms with E-state index in [1.54, 1.807) is 0 Å². The second kappa shape index (κ2) is 5.72. The maximum Gasteiger partial charge on any atom is 0.00665 e. The van der Waals surface area contributed by atoms with Gasteiger partial charge in [-0.3, -0.25) is 0 Å². The van der Waals surface area contributed by atoms with Crippen LogP contribution in [0.2, 0.25) is 0 Å². The van der Waals surface area contributed by atoms with Gasteiger partial charge in [0, 0.05) is 12.6 Å². The van der Waals surface area contributed by atoms with Gasteiger partial charge < -0.3 is 10.6 Å². The number of nitrogens with zero attached hydrogens (tertiary/aromatic N) is 1. The molecular formula is C12H28N2. The second-order valence-corrected chi connectivity index (χ2v) is 5.76. The highest BCUT2D eigenvalue weighted by atomic mass is 15.1. The summed E-state index contributed by atoms with van der Waals surface area (Å²) in [6, 6.07) is 0.654. The molecule has 0 aliphatic heterocycles. The Morgan fingerprint density at radius 3 is 2.07 bits per heavy atom. The predicted molar refractivity (Wildman–Crippen MR) is 64.4 cm³/mol. The standard InChI is InChI=1S/C12H28N2/c1-10(2)7-11(3)14(6)9-12(4,5)8-13/h10-11H,7-9,13H2,1-6H3. The molecule has 0 heterocycles.